The summed E-state index contributed by atoms with van der Waals surface area (Å²) < 4.78 is 27.8. The topological polar surface area (TPSA) is 55.4 Å². The molecule has 6 heteroatoms. The standard InChI is InChI=1S/C11H11F2NO3/c1-7(15)6-10(16)14-8-2-4-9(5-3-8)17-11(12)13/h2-5,11H,6H2,1H3,(H,14,16). The van der Waals surface area contributed by atoms with Gasteiger partial charge in [-0.2, -0.15) is 8.78 Å². The van der Waals surface area contributed by atoms with Gasteiger partial charge in [0.25, 0.3) is 0 Å². The number of hydrogen-bond acceptors (Lipinski definition) is 3. The van der Waals surface area contributed by atoms with Crippen LogP contribution in [0.3, 0.4) is 0 Å². The lowest BCUT2D eigenvalue weighted by molar-refractivity contribution is -0.124. The Balaban J connectivity index is 2.56. The Morgan fingerprint density at radius 1 is 1.29 bits per heavy atom. The Hall–Kier alpha value is -1.98. The van der Waals surface area contributed by atoms with E-state index in [-0.39, 0.29) is 18.0 Å². The predicted molar refractivity (Wildman–Crippen MR) is 57.0 cm³/mol. The van der Waals surface area contributed by atoms with Crippen LogP contribution in [0.5, 0.6) is 5.75 Å². The number of halogens is 2. The molecular weight excluding hydrogens is 232 g/mol. The van der Waals surface area contributed by atoms with Crippen molar-refractivity contribution in [2.75, 3.05) is 5.32 Å². The molecule has 1 aromatic rings. The lowest BCUT2D eigenvalue weighted by Gasteiger charge is -2.06. The third-order valence-corrected chi connectivity index (χ3v) is 1.77. The summed E-state index contributed by atoms with van der Waals surface area (Å²) in [5, 5.41) is 2.45. The number of ketones is 1. The van der Waals surface area contributed by atoms with Gasteiger partial charge in [0.15, 0.2) is 0 Å². The number of rotatable bonds is 5. The van der Waals surface area contributed by atoms with Crippen LogP contribution >= 0.6 is 0 Å². The zero-order valence-corrected chi connectivity index (χ0v) is 9.07. The molecule has 0 aliphatic carbocycles. The zero-order chi connectivity index (χ0) is 12.8. The molecule has 0 fully saturated rings. The smallest absolute Gasteiger partial charge is 0.387 e. The number of hydrogen-bond donors (Lipinski definition) is 1. The minimum atomic E-state index is -2.88. The molecule has 1 amide bonds. The Kier molecular flexibility index (Phi) is 4.56. The van der Waals surface area contributed by atoms with Gasteiger partial charge < -0.3 is 10.1 Å². The second-order valence-corrected chi connectivity index (χ2v) is 3.33. The molecule has 0 saturated heterocycles. The third-order valence-electron chi connectivity index (χ3n) is 1.77. The maximum atomic E-state index is 11.8. The first-order valence-electron chi connectivity index (χ1n) is 4.81. The maximum absolute atomic E-state index is 11.8. The van der Waals surface area contributed by atoms with Gasteiger partial charge in [0, 0.05) is 5.69 Å². The Bertz CT molecular complexity index is 404. The van der Waals surface area contributed by atoms with Gasteiger partial charge in [-0.25, -0.2) is 0 Å². The number of carbonyl (C=O) groups excluding carboxylic acids is 2. The van der Waals surface area contributed by atoms with E-state index in [1.807, 2.05) is 0 Å². The summed E-state index contributed by atoms with van der Waals surface area (Å²) in [4.78, 5) is 21.9. The highest BCUT2D eigenvalue weighted by atomic mass is 19.3. The van der Waals surface area contributed by atoms with Crippen molar-refractivity contribution in [3.8, 4) is 5.75 Å². The molecule has 1 N–H and O–H groups in total. The molecule has 0 aliphatic heterocycles. The van der Waals surface area contributed by atoms with E-state index in [2.05, 4.69) is 10.1 Å². The normalized spacial score (nSPS) is 10.1. The summed E-state index contributed by atoms with van der Waals surface area (Å²) in [5.74, 6) is -0.690. The molecule has 1 aromatic carbocycles. The predicted octanol–water partition coefficient (Wildman–Crippen LogP) is 2.21. The van der Waals surface area contributed by atoms with Crippen molar-refractivity contribution in [1.82, 2.24) is 0 Å². The van der Waals surface area contributed by atoms with Crippen molar-refractivity contribution in [3.05, 3.63) is 24.3 Å². The van der Waals surface area contributed by atoms with Crippen LogP contribution in [-0.2, 0) is 9.59 Å². The molecule has 0 spiro atoms. The SMILES string of the molecule is CC(=O)CC(=O)Nc1ccc(OC(F)F)cc1. The van der Waals surface area contributed by atoms with Crippen molar-refractivity contribution < 1.29 is 23.1 Å². The number of alkyl halides is 2. The number of benzene rings is 1. The van der Waals surface area contributed by atoms with E-state index in [9.17, 15) is 18.4 Å². The number of nitrogens with one attached hydrogen (secondary N) is 1. The van der Waals surface area contributed by atoms with Crippen LogP contribution in [0.25, 0.3) is 0 Å². The fourth-order valence-electron chi connectivity index (χ4n) is 1.15. The highest BCUT2D eigenvalue weighted by Crippen LogP contribution is 2.17. The second kappa shape index (κ2) is 5.93. The van der Waals surface area contributed by atoms with Crippen LogP contribution in [0.4, 0.5) is 14.5 Å². The van der Waals surface area contributed by atoms with E-state index in [1.54, 1.807) is 0 Å². The Labute approximate surface area is 96.6 Å². The molecule has 0 saturated carbocycles. The van der Waals surface area contributed by atoms with E-state index >= 15 is 0 Å². The quantitative estimate of drug-likeness (QED) is 0.806. The van der Waals surface area contributed by atoms with Gasteiger partial charge in [-0.15, -0.1) is 0 Å². The fraction of sp³-hybridized carbons (Fsp3) is 0.273. The molecule has 4 nitrogen and oxygen atoms in total. The first kappa shape index (κ1) is 13.1. The highest BCUT2D eigenvalue weighted by molar-refractivity contribution is 6.03. The lowest BCUT2D eigenvalue weighted by atomic mass is 10.2. The highest BCUT2D eigenvalue weighted by Gasteiger charge is 2.07. The summed E-state index contributed by atoms with van der Waals surface area (Å²) in [6.45, 7) is -1.58. The van der Waals surface area contributed by atoms with Crippen LogP contribution in [0.15, 0.2) is 24.3 Å². The van der Waals surface area contributed by atoms with Crippen molar-refractivity contribution in [2.45, 2.75) is 20.0 Å². The second-order valence-electron chi connectivity index (χ2n) is 3.33. The summed E-state index contributed by atoms with van der Waals surface area (Å²) in [7, 11) is 0. The molecule has 0 aromatic heterocycles. The first-order valence-corrected chi connectivity index (χ1v) is 4.81. The van der Waals surface area contributed by atoms with E-state index in [0.717, 1.165) is 0 Å². The van der Waals surface area contributed by atoms with Crippen LogP contribution in [0.2, 0.25) is 0 Å². The first-order chi connectivity index (χ1) is 7.97. The minimum Gasteiger partial charge on any atom is -0.435 e. The van der Waals surface area contributed by atoms with Crippen LogP contribution < -0.4 is 10.1 Å². The monoisotopic (exact) mass is 243 g/mol. The van der Waals surface area contributed by atoms with Crippen molar-refractivity contribution in [2.24, 2.45) is 0 Å². The molecule has 17 heavy (non-hydrogen) atoms. The number of carbonyl (C=O) groups is 2. The zero-order valence-electron chi connectivity index (χ0n) is 9.07. The van der Waals surface area contributed by atoms with Gasteiger partial charge in [0.05, 0.1) is 6.42 Å². The van der Waals surface area contributed by atoms with Gasteiger partial charge in [0.1, 0.15) is 11.5 Å². The lowest BCUT2D eigenvalue weighted by Crippen LogP contribution is -2.14. The van der Waals surface area contributed by atoms with Crippen molar-refractivity contribution >= 4 is 17.4 Å². The fourth-order valence-corrected chi connectivity index (χ4v) is 1.15. The molecular formula is C11H11F2NO3. The summed E-state index contributed by atoms with van der Waals surface area (Å²) in [6.07, 6.45) is -0.213. The maximum Gasteiger partial charge on any atom is 0.387 e. The average molecular weight is 243 g/mol. The molecule has 0 bridgehead atoms. The van der Waals surface area contributed by atoms with Crippen molar-refractivity contribution in [1.29, 1.82) is 0 Å². The van der Waals surface area contributed by atoms with Gasteiger partial charge in [-0.3, -0.25) is 9.59 Å². The summed E-state index contributed by atoms with van der Waals surface area (Å²) in [6, 6.07) is 5.43. The molecule has 0 aliphatic rings. The van der Waals surface area contributed by atoms with E-state index in [1.165, 1.54) is 31.2 Å². The van der Waals surface area contributed by atoms with Crippen molar-refractivity contribution in [3.63, 3.8) is 0 Å². The van der Waals surface area contributed by atoms with E-state index < -0.39 is 12.5 Å². The van der Waals surface area contributed by atoms with Gasteiger partial charge >= 0.3 is 6.61 Å². The number of amides is 1. The van der Waals surface area contributed by atoms with Gasteiger partial charge in [-0.1, -0.05) is 0 Å². The molecule has 0 unspecified atom stereocenters. The van der Waals surface area contributed by atoms with Gasteiger partial charge in [-0.05, 0) is 31.2 Å². The molecule has 1 rings (SSSR count). The van der Waals surface area contributed by atoms with Crippen LogP contribution in [0, 0.1) is 0 Å². The number of Topliss-reactive ketones (excluding diaryl/α,β-unsaturated/α-hetero) is 1. The third kappa shape index (κ3) is 5.05. The Morgan fingerprint density at radius 2 is 1.88 bits per heavy atom. The molecule has 0 radical (unpaired) electrons. The molecule has 92 valence electrons. The average Bonchev–Trinajstić information content (AvgIpc) is 2.18. The van der Waals surface area contributed by atoms with Crippen LogP contribution in [-0.4, -0.2) is 18.3 Å². The van der Waals surface area contributed by atoms with E-state index in [4.69, 9.17) is 0 Å². The minimum absolute atomic E-state index is 0.00423. The number of anilines is 1. The van der Waals surface area contributed by atoms with E-state index in [0.29, 0.717) is 5.69 Å². The summed E-state index contributed by atoms with van der Waals surface area (Å²) >= 11 is 0. The van der Waals surface area contributed by atoms with Gasteiger partial charge in [0.2, 0.25) is 5.91 Å². The largest absolute Gasteiger partial charge is 0.435 e. The molecule has 0 atom stereocenters. The summed E-state index contributed by atoms with van der Waals surface area (Å²) in [5.41, 5.74) is 0.415. The molecule has 0 heterocycles. The Morgan fingerprint density at radius 3 is 2.35 bits per heavy atom. The number of ether oxygens (including phenoxy) is 1. The van der Waals surface area contributed by atoms with Crippen LogP contribution in [0.1, 0.15) is 13.3 Å².